The Morgan fingerprint density at radius 1 is 1.22 bits per heavy atom. The lowest BCUT2D eigenvalue weighted by Gasteiger charge is -2.12. The minimum absolute atomic E-state index is 0.234. The first kappa shape index (κ1) is 13.2. The van der Waals surface area contributed by atoms with Crippen molar-refractivity contribution in [2.24, 2.45) is 5.73 Å². The number of rotatable bonds is 2. The Labute approximate surface area is 114 Å². The summed E-state index contributed by atoms with van der Waals surface area (Å²) in [5.41, 5.74) is 7.35. The third-order valence-electron chi connectivity index (χ3n) is 2.48. The highest BCUT2D eigenvalue weighted by Crippen LogP contribution is 2.36. The number of halogens is 3. The Morgan fingerprint density at radius 3 is 2.56 bits per heavy atom. The molecule has 2 N–H and O–H groups in total. The largest absolute Gasteiger partial charge is 0.324 e. The molecule has 1 heterocycles. The summed E-state index contributed by atoms with van der Waals surface area (Å²) in [6.45, 7) is 1.80. The van der Waals surface area contributed by atoms with E-state index >= 15 is 0 Å². The van der Waals surface area contributed by atoms with Crippen LogP contribution in [0.1, 0.15) is 18.5 Å². The Hall–Kier alpha value is -1.23. The van der Waals surface area contributed by atoms with Gasteiger partial charge in [-0.05, 0) is 12.5 Å². The zero-order valence-electron chi connectivity index (χ0n) is 9.49. The van der Waals surface area contributed by atoms with Crippen LogP contribution in [-0.4, -0.2) is 9.97 Å². The summed E-state index contributed by atoms with van der Waals surface area (Å²) in [5.74, 6) is -0.670. The molecule has 0 saturated carbocycles. The van der Waals surface area contributed by atoms with E-state index in [1.165, 1.54) is 6.20 Å². The molecule has 1 unspecified atom stereocenters. The number of benzene rings is 1. The molecule has 6 heteroatoms. The maximum atomic E-state index is 13.0. The van der Waals surface area contributed by atoms with Crippen molar-refractivity contribution in [1.29, 1.82) is 0 Å². The fourth-order valence-corrected chi connectivity index (χ4v) is 2.19. The molecule has 0 spiro atoms. The van der Waals surface area contributed by atoms with E-state index in [-0.39, 0.29) is 6.04 Å². The van der Waals surface area contributed by atoms with E-state index in [0.29, 0.717) is 21.3 Å². The molecule has 0 amide bonds. The van der Waals surface area contributed by atoms with Crippen LogP contribution in [0.4, 0.5) is 4.39 Å². The average Bonchev–Trinajstić information content (AvgIpc) is 2.32. The number of aromatic nitrogens is 2. The molecule has 0 aliphatic carbocycles. The molecule has 1 aromatic heterocycles. The second kappa shape index (κ2) is 5.18. The van der Waals surface area contributed by atoms with Crippen LogP contribution in [0.25, 0.3) is 11.3 Å². The van der Waals surface area contributed by atoms with Gasteiger partial charge in [0, 0.05) is 11.6 Å². The summed E-state index contributed by atoms with van der Waals surface area (Å²) in [4.78, 5) is 7.44. The van der Waals surface area contributed by atoms with E-state index in [9.17, 15) is 4.39 Å². The minimum atomic E-state index is -0.670. The molecule has 3 nitrogen and oxygen atoms in total. The van der Waals surface area contributed by atoms with Gasteiger partial charge in [-0.1, -0.05) is 35.3 Å². The van der Waals surface area contributed by atoms with Crippen molar-refractivity contribution < 1.29 is 4.39 Å². The lowest BCUT2D eigenvalue weighted by atomic mass is 10.0. The van der Waals surface area contributed by atoms with E-state index in [1.54, 1.807) is 19.1 Å². The highest BCUT2D eigenvalue weighted by molar-refractivity contribution is 6.44. The lowest BCUT2D eigenvalue weighted by Crippen LogP contribution is -2.06. The normalized spacial score (nSPS) is 12.5. The van der Waals surface area contributed by atoms with Crippen LogP contribution >= 0.6 is 23.2 Å². The van der Waals surface area contributed by atoms with Crippen molar-refractivity contribution in [3.05, 3.63) is 46.1 Å². The quantitative estimate of drug-likeness (QED) is 0.917. The molecule has 1 aromatic carbocycles. The third-order valence-corrected chi connectivity index (χ3v) is 3.38. The van der Waals surface area contributed by atoms with Crippen molar-refractivity contribution in [3.8, 4) is 11.3 Å². The SMILES string of the molecule is CC(N)c1ccc(-c2cncc(F)n2)c(Cl)c1Cl. The first-order chi connectivity index (χ1) is 8.50. The summed E-state index contributed by atoms with van der Waals surface area (Å²) in [5, 5.41) is 0.654. The molecule has 2 aromatic rings. The number of hydrogen-bond donors (Lipinski definition) is 1. The zero-order chi connectivity index (χ0) is 13.3. The van der Waals surface area contributed by atoms with Gasteiger partial charge in [0.1, 0.15) is 0 Å². The second-order valence-corrected chi connectivity index (χ2v) is 4.60. The highest BCUT2D eigenvalue weighted by atomic mass is 35.5. The Kier molecular flexibility index (Phi) is 3.80. The van der Waals surface area contributed by atoms with Gasteiger partial charge >= 0.3 is 0 Å². The van der Waals surface area contributed by atoms with Gasteiger partial charge in [0.2, 0.25) is 5.95 Å². The monoisotopic (exact) mass is 285 g/mol. The van der Waals surface area contributed by atoms with Gasteiger partial charge in [0.15, 0.2) is 0 Å². The van der Waals surface area contributed by atoms with Gasteiger partial charge in [0.05, 0.1) is 28.1 Å². The molecule has 0 bridgehead atoms. The maximum Gasteiger partial charge on any atom is 0.231 e. The van der Waals surface area contributed by atoms with Crippen LogP contribution in [0.3, 0.4) is 0 Å². The lowest BCUT2D eigenvalue weighted by molar-refractivity contribution is 0.578. The molecule has 1 atom stereocenters. The van der Waals surface area contributed by atoms with E-state index in [1.807, 2.05) is 0 Å². The topological polar surface area (TPSA) is 51.8 Å². The first-order valence-electron chi connectivity index (χ1n) is 5.22. The van der Waals surface area contributed by atoms with Gasteiger partial charge in [-0.15, -0.1) is 0 Å². The van der Waals surface area contributed by atoms with E-state index in [0.717, 1.165) is 11.8 Å². The van der Waals surface area contributed by atoms with Crippen LogP contribution in [0, 0.1) is 5.95 Å². The summed E-state index contributed by atoms with van der Waals surface area (Å²) in [6.07, 6.45) is 2.45. The molecule has 0 aliphatic rings. The number of nitrogens with zero attached hydrogens (tertiary/aromatic N) is 2. The van der Waals surface area contributed by atoms with Crippen molar-refractivity contribution in [3.63, 3.8) is 0 Å². The Morgan fingerprint density at radius 2 is 1.94 bits per heavy atom. The molecule has 0 radical (unpaired) electrons. The van der Waals surface area contributed by atoms with E-state index in [4.69, 9.17) is 28.9 Å². The molecular weight excluding hydrogens is 276 g/mol. The molecular formula is C12H10Cl2FN3. The summed E-state index contributed by atoms with van der Waals surface area (Å²) in [6, 6.07) is 3.22. The van der Waals surface area contributed by atoms with Crippen LogP contribution in [0.5, 0.6) is 0 Å². The molecule has 18 heavy (non-hydrogen) atoms. The fraction of sp³-hybridized carbons (Fsp3) is 0.167. The second-order valence-electron chi connectivity index (χ2n) is 3.85. The summed E-state index contributed by atoms with van der Waals surface area (Å²) >= 11 is 12.3. The summed E-state index contributed by atoms with van der Waals surface area (Å²) < 4.78 is 13.0. The highest BCUT2D eigenvalue weighted by Gasteiger charge is 2.15. The van der Waals surface area contributed by atoms with Gasteiger partial charge in [-0.25, -0.2) is 4.98 Å². The van der Waals surface area contributed by atoms with Crippen molar-refractivity contribution in [1.82, 2.24) is 9.97 Å². The Bertz CT molecular complexity index is 588. The Balaban J connectivity index is 2.57. The maximum absolute atomic E-state index is 13.0. The first-order valence-corrected chi connectivity index (χ1v) is 5.97. The van der Waals surface area contributed by atoms with Crippen LogP contribution in [0.2, 0.25) is 10.0 Å². The van der Waals surface area contributed by atoms with Gasteiger partial charge < -0.3 is 5.73 Å². The third kappa shape index (κ3) is 2.46. The average molecular weight is 286 g/mol. The number of nitrogens with two attached hydrogens (primary N) is 1. The molecule has 0 aliphatic heterocycles. The fourth-order valence-electron chi connectivity index (χ4n) is 1.59. The predicted molar refractivity (Wildman–Crippen MR) is 70.0 cm³/mol. The van der Waals surface area contributed by atoms with Crippen LogP contribution in [-0.2, 0) is 0 Å². The van der Waals surface area contributed by atoms with E-state index < -0.39 is 5.95 Å². The van der Waals surface area contributed by atoms with Crippen LogP contribution in [0.15, 0.2) is 24.5 Å². The standard InChI is InChI=1S/C12H10Cl2FN3/c1-6(16)7-2-3-8(12(14)11(7)13)9-4-17-5-10(15)18-9/h2-6H,16H2,1H3. The zero-order valence-corrected chi connectivity index (χ0v) is 11.0. The predicted octanol–water partition coefficient (Wildman–Crippen LogP) is 3.61. The van der Waals surface area contributed by atoms with Gasteiger partial charge in [0.25, 0.3) is 0 Å². The van der Waals surface area contributed by atoms with Crippen molar-refractivity contribution in [2.45, 2.75) is 13.0 Å². The van der Waals surface area contributed by atoms with E-state index in [2.05, 4.69) is 9.97 Å². The van der Waals surface area contributed by atoms with Crippen molar-refractivity contribution >= 4 is 23.2 Å². The summed E-state index contributed by atoms with van der Waals surface area (Å²) in [7, 11) is 0. The molecule has 0 fully saturated rings. The number of hydrogen-bond acceptors (Lipinski definition) is 3. The van der Waals surface area contributed by atoms with Crippen LogP contribution < -0.4 is 5.73 Å². The van der Waals surface area contributed by atoms with Gasteiger partial charge in [-0.2, -0.15) is 4.39 Å². The molecule has 2 rings (SSSR count). The van der Waals surface area contributed by atoms with Gasteiger partial charge in [-0.3, -0.25) is 4.98 Å². The smallest absolute Gasteiger partial charge is 0.231 e. The molecule has 94 valence electrons. The minimum Gasteiger partial charge on any atom is -0.324 e. The molecule has 0 saturated heterocycles. The van der Waals surface area contributed by atoms with Crippen molar-refractivity contribution in [2.75, 3.05) is 0 Å².